The predicted molar refractivity (Wildman–Crippen MR) is 71.0 cm³/mol. The van der Waals surface area contributed by atoms with Crippen LogP contribution in [0.25, 0.3) is 0 Å². The molecule has 2 saturated carbocycles. The van der Waals surface area contributed by atoms with Crippen LogP contribution in [0.3, 0.4) is 0 Å². The van der Waals surface area contributed by atoms with Crippen LogP contribution < -0.4 is 0 Å². The summed E-state index contributed by atoms with van der Waals surface area (Å²) in [4.78, 5) is 11.8. The number of allylic oxidation sites excluding steroid dienone is 2. The van der Waals surface area contributed by atoms with E-state index in [4.69, 9.17) is 0 Å². The summed E-state index contributed by atoms with van der Waals surface area (Å²) < 4.78 is 0. The van der Waals surface area contributed by atoms with Crippen molar-refractivity contribution in [3.63, 3.8) is 0 Å². The van der Waals surface area contributed by atoms with Crippen molar-refractivity contribution in [1.29, 1.82) is 0 Å². The second-order valence-electron chi connectivity index (χ2n) is 6.99. The summed E-state index contributed by atoms with van der Waals surface area (Å²) in [5.41, 5.74) is 2.56. The third-order valence-corrected chi connectivity index (χ3v) is 6.14. The Hall–Kier alpha value is -0.630. The topological polar surface area (TPSA) is 37.3 Å². The maximum atomic E-state index is 11.8. The molecule has 3 rings (SSSR count). The summed E-state index contributed by atoms with van der Waals surface area (Å²) in [6.45, 7) is 6.47. The average Bonchev–Trinajstić information content (AvgIpc) is 2.57. The molecule has 0 saturated heterocycles. The summed E-state index contributed by atoms with van der Waals surface area (Å²) >= 11 is 0. The fourth-order valence-corrected chi connectivity index (χ4v) is 4.95. The third kappa shape index (κ3) is 1.48. The number of hydrogen-bond donors (Lipinski definition) is 1. The van der Waals surface area contributed by atoms with Crippen molar-refractivity contribution >= 4 is 5.78 Å². The molecule has 0 aromatic rings. The first-order valence-electron chi connectivity index (χ1n) is 7.36. The molecule has 2 heteroatoms. The van der Waals surface area contributed by atoms with E-state index in [0.29, 0.717) is 23.5 Å². The van der Waals surface area contributed by atoms with Gasteiger partial charge in [-0.2, -0.15) is 0 Å². The summed E-state index contributed by atoms with van der Waals surface area (Å²) in [5, 5.41) is 10.5. The zero-order valence-corrected chi connectivity index (χ0v) is 11.7. The van der Waals surface area contributed by atoms with Crippen LogP contribution in [0.15, 0.2) is 11.1 Å². The molecule has 0 aromatic carbocycles. The third-order valence-electron chi connectivity index (χ3n) is 6.14. The summed E-state index contributed by atoms with van der Waals surface area (Å²) in [6.07, 6.45) is 4.80. The molecule has 2 nitrogen and oxygen atoms in total. The second-order valence-corrected chi connectivity index (χ2v) is 6.99. The molecule has 3 aliphatic rings. The van der Waals surface area contributed by atoms with E-state index in [0.717, 1.165) is 37.7 Å². The summed E-state index contributed by atoms with van der Waals surface area (Å²) in [6, 6.07) is 0. The molecule has 5 atom stereocenters. The number of rotatable bonds is 0. The van der Waals surface area contributed by atoms with Gasteiger partial charge in [-0.3, -0.25) is 4.79 Å². The molecule has 0 bridgehead atoms. The molecule has 2 fully saturated rings. The minimum atomic E-state index is -0.151. The Labute approximate surface area is 109 Å². The quantitative estimate of drug-likeness (QED) is 0.715. The minimum absolute atomic E-state index is 0.0915. The lowest BCUT2D eigenvalue weighted by molar-refractivity contribution is -0.117. The van der Waals surface area contributed by atoms with Gasteiger partial charge in [0.1, 0.15) is 0 Å². The number of aliphatic hydroxyl groups is 1. The van der Waals surface area contributed by atoms with Crippen molar-refractivity contribution in [3.05, 3.63) is 11.1 Å². The lowest BCUT2D eigenvalue weighted by Crippen LogP contribution is -2.42. The van der Waals surface area contributed by atoms with E-state index in [9.17, 15) is 9.90 Å². The highest BCUT2D eigenvalue weighted by atomic mass is 16.3. The van der Waals surface area contributed by atoms with Crippen molar-refractivity contribution in [3.8, 4) is 0 Å². The molecule has 1 N–H and O–H groups in total. The first-order valence-corrected chi connectivity index (χ1v) is 7.36. The maximum Gasteiger partial charge on any atom is 0.158 e. The lowest BCUT2D eigenvalue weighted by Gasteiger charge is -2.47. The first kappa shape index (κ1) is 12.4. The zero-order valence-electron chi connectivity index (χ0n) is 11.7. The van der Waals surface area contributed by atoms with E-state index >= 15 is 0 Å². The van der Waals surface area contributed by atoms with E-state index in [1.165, 1.54) is 5.57 Å². The van der Waals surface area contributed by atoms with Gasteiger partial charge in [-0.1, -0.05) is 19.4 Å². The summed E-state index contributed by atoms with van der Waals surface area (Å²) in [5.74, 6) is 1.93. The van der Waals surface area contributed by atoms with Crippen molar-refractivity contribution in [2.45, 2.75) is 59.0 Å². The van der Waals surface area contributed by atoms with Crippen molar-refractivity contribution in [2.75, 3.05) is 0 Å². The number of aliphatic hydroxyl groups excluding tert-OH is 1. The molecule has 100 valence electrons. The molecule has 0 radical (unpaired) electrons. The molecule has 0 aliphatic heterocycles. The predicted octanol–water partition coefficient (Wildman–Crippen LogP) is 3.10. The highest BCUT2D eigenvalue weighted by Crippen LogP contribution is 2.59. The van der Waals surface area contributed by atoms with Gasteiger partial charge in [-0.15, -0.1) is 0 Å². The number of hydrogen-bond acceptors (Lipinski definition) is 2. The Morgan fingerprint density at radius 1 is 1.33 bits per heavy atom. The van der Waals surface area contributed by atoms with Gasteiger partial charge in [0.25, 0.3) is 0 Å². The fraction of sp³-hybridized carbons (Fsp3) is 0.812. The number of ketones is 1. The Kier molecular flexibility index (Phi) is 2.71. The highest BCUT2D eigenvalue weighted by Gasteiger charge is 2.55. The van der Waals surface area contributed by atoms with Crippen LogP contribution in [0.2, 0.25) is 0 Å². The monoisotopic (exact) mass is 248 g/mol. The van der Waals surface area contributed by atoms with Crippen LogP contribution >= 0.6 is 0 Å². The molecule has 3 aliphatic carbocycles. The molecule has 4 unspecified atom stereocenters. The normalized spacial score (nSPS) is 48.1. The number of carbonyl (C=O) groups excluding carboxylic acids is 1. The Morgan fingerprint density at radius 2 is 2.06 bits per heavy atom. The van der Waals surface area contributed by atoms with Gasteiger partial charge < -0.3 is 5.11 Å². The maximum absolute atomic E-state index is 11.8. The standard InChI is InChI=1S/C16H24O2/c1-9-8-13-12-4-5-14(17)10(2)11(12)6-7-16(13,3)15(9)18/h9,12-13,15,18H,4-8H2,1-3H3/t9-,12?,13?,15?,16?/m1/s1. The van der Waals surface area contributed by atoms with Crippen LogP contribution in [-0.2, 0) is 4.79 Å². The smallest absolute Gasteiger partial charge is 0.158 e. The zero-order chi connectivity index (χ0) is 13.1. The van der Waals surface area contributed by atoms with E-state index < -0.39 is 0 Å². The number of carbonyl (C=O) groups is 1. The fourth-order valence-electron chi connectivity index (χ4n) is 4.95. The lowest BCUT2D eigenvalue weighted by atomic mass is 9.58. The van der Waals surface area contributed by atoms with Crippen LogP contribution in [0.4, 0.5) is 0 Å². The number of Topliss-reactive ketones (excluding diaryl/α,β-unsaturated/α-hetero) is 1. The SMILES string of the molecule is CC1=C2CCC3(C)C(C[C@@H](C)C3O)C2CCC1=O. The van der Waals surface area contributed by atoms with E-state index in [1.54, 1.807) is 0 Å². The molecular weight excluding hydrogens is 224 g/mol. The van der Waals surface area contributed by atoms with Crippen molar-refractivity contribution < 1.29 is 9.90 Å². The Morgan fingerprint density at radius 3 is 2.78 bits per heavy atom. The average molecular weight is 248 g/mol. The highest BCUT2D eigenvalue weighted by molar-refractivity contribution is 5.96. The van der Waals surface area contributed by atoms with Gasteiger partial charge in [0, 0.05) is 6.42 Å². The molecule has 18 heavy (non-hydrogen) atoms. The van der Waals surface area contributed by atoms with Gasteiger partial charge in [-0.25, -0.2) is 0 Å². The van der Waals surface area contributed by atoms with Crippen LogP contribution in [0.5, 0.6) is 0 Å². The van der Waals surface area contributed by atoms with Gasteiger partial charge >= 0.3 is 0 Å². The van der Waals surface area contributed by atoms with Gasteiger partial charge in [0.2, 0.25) is 0 Å². The largest absolute Gasteiger partial charge is 0.392 e. The van der Waals surface area contributed by atoms with Gasteiger partial charge in [0.15, 0.2) is 5.78 Å². The van der Waals surface area contributed by atoms with E-state index in [-0.39, 0.29) is 11.5 Å². The molecular formula is C16H24O2. The first-order chi connectivity index (χ1) is 8.45. The van der Waals surface area contributed by atoms with Gasteiger partial charge in [-0.05, 0) is 61.3 Å². The van der Waals surface area contributed by atoms with Crippen molar-refractivity contribution in [2.24, 2.45) is 23.2 Å². The van der Waals surface area contributed by atoms with E-state index in [1.807, 2.05) is 6.92 Å². The van der Waals surface area contributed by atoms with Gasteiger partial charge in [0.05, 0.1) is 6.10 Å². The Bertz CT molecular complexity index is 423. The second kappa shape index (κ2) is 3.93. The molecule has 0 aromatic heterocycles. The number of fused-ring (bicyclic) bond motifs is 3. The van der Waals surface area contributed by atoms with Crippen LogP contribution in [0.1, 0.15) is 52.9 Å². The van der Waals surface area contributed by atoms with E-state index in [2.05, 4.69) is 13.8 Å². The molecule has 0 spiro atoms. The molecule has 0 heterocycles. The molecule has 0 amide bonds. The van der Waals surface area contributed by atoms with Crippen LogP contribution in [-0.4, -0.2) is 17.0 Å². The Balaban J connectivity index is 1.99. The van der Waals surface area contributed by atoms with Crippen molar-refractivity contribution in [1.82, 2.24) is 0 Å². The minimum Gasteiger partial charge on any atom is -0.392 e. The van der Waals surface area contributed by atoms with Crippen LogP contribution in [0, 0.1) is 23.2 Å². The summed E-state index contributed by atoms with van der Waals surface area (Å²) in [7, 11) is 0.